The van der Waals surface area contributed by atoms with Gasteiger partial charge in [-0.05, 0) is 26.8 Å². The lowest BCUT2D eigenvalue weighted by Gasteiger charge is -2.23. The Morgan fingerprint density at radius 2 is 1.94 bits per heavy atom. The minimum absolute atomic E-state index is 0.227. The predicted molar refractivity (Wildman–Crippen MR) is 73.5 cm³/mol. The summed E-state index contributed by atoms with van der Waals surface area (Å²) < 4.78 is 22.2. The van der Waals surface area contributed by atoms with E-state index in [1.807, 2.05) is 19.1 Å². The number of aromatic hydroxyl groups is 1. The van der Waals surface area contributed by atoms with E-state index in [0.717, 1.165) is 11.1 Å². The zero-order chi connectivity index (χ0) is 14.0. The molecule has 0 unspecified atom stereocenters. The van der Waals surface area contributed by atoms with Gasteiger partial charge in [-0.25, -0.2) is 8.42 Å². The number of rotatable bonds is 5. The fourth-order valence-corrected chi connectivity index (χ4v) is 1.85. The number of sulfone groups is 1. The summed E-state index contributed by atoms with van der Waals surface area (Å²) in [4.78, 5) is 0. The summed E-state index contributed by atoms with van der Waals surface area (Å²) in [7, 11) is -3.10. The first-order valence-electron chi connectivity index (χ1n) is 5.82. The lowest BCUT2D eigenvalue weighted by atomic mass is 10.1. The average molecular weight is 271 g/mol. The highest BCUT2D eigenvalue weighted by atomic mass is 32.2. The van der Waals surface area contributed by atoms with Crippen molar-refractivity contribution >= 4 is 9.84 Å². The van der Waals surface area contributed by atoms with Crippen molar-refractivity contribution < 1.29 is 13.5 Å². The van der Waals surface area contributed by atoms with Crippen LogP contribution in [0, 0.1) is 6.92 Å². The summed E-state index contributed by atoms with van der Waals surface area (Å²) >= 11 is 0. The van der Waals surface area contributed by atoms with E-state index in [-0.39, 0.29) is 5.75 Å². The molecule has 5 heteroatoms. The summed E-state index contributed by atoms with van der Waals surface area (Å²) in [6.07, 6.45) is 1.23. The van der Waals surface area contributed by atoms with Crippen molar-refractivity contribution in [3.8, 4) is 5.75 Å². The highest BCUT2D eigenvalue weighted by molar-refractivity contribution is 7.92. The number of benzene rings is 1. The molecule has 0 fully saturated rings. The quantitative estimate of drug-likeness (QED) is 0.854. The van der Waals surface area contributed by atoms with Gasteiger partial charge in [-0.15, -0.1) is 0 Å². The molecule has 0 radical (unpaired) electrons. The van der Waals surface area contributed by atoms with Crippen LogP contribution in [0.5, 0.6) is 5.75 Å². The number of hydrogen-bond acceptors (Lipinski definition) is 4. The smallest absolute Gasteiger partial charge is 0.153 e. The fourth-order valence-electron chi connectivity index (χ4n) is 1.49. The molecule has 4 nitrogen and oxygen atoms in total. The molecule has 1 aromatic rings. The van der Waals surface area contributed by atoms with Gasteiger partial charge in [-0.3, -0.25) is 0 Å². The minimum atomic E-state index is -3.10. The van der Waals surface area contributed by atoms with Crippen LogP contribution in [0.3, 0.4) is 0 Å². The third-order valence-electron chi connectivity index (χ3n) is 3.10. The normalized spacial score (nSPS) is 12.7. The molecule has 0 spiro atoms. The number of phenolic OH excluding ortho intramolecular Hbond substituents is 1. The second kappa shape index (κ2) is 5.28. The molecule has 0 aliphatic heterocycles. The van der Waals surface area contributed by atoms with Crippen LogP contribution in [0.2, 0.25) is 0 Å². The molecule has 0 bridgehead atoms. The van der Waals surface area contributed by atoms with E-state index in [2.05, 4.69) is 5.32 Å². The van der Waals surface area contributed by atoms with Crippen molar-refractivity contribution in [2.45, 2.75) is 32.1 Å². The monoisotopic (exact) mass is 271 g/mol. The van der Waals surface area contributed by atoms with Gasteiger partial charge in [0.1, 0.15) is 5.75 Å². The second-order valence-corrected chi connectivity index (χ2v) is 7.92. The summed E-state index contributed by atoms with van der Waals surface area (Å²) in [5.41, 5.74) is 1.84. The van der Waals surface area contributed by atoms with Crippen LogP contribution < -0.4 is 5.32 Å². The Morgan fingerprint density at radius 1 is 1.33 bits per heavy atom. The molecule has 0 aromatic heterocycles. The minimum Gasteiger partial charge on any atom is -0.508 e. The largest absolute Gasteiger partial charge is 0.508 e. The van der Waals surface area contributed by atoms with Gasteiger partial charge in [0.15, 0.2) is 9.84 Å². The van der Waals surface area contributed by atoms with Crippen molar-refractivity contribution in [2.24, 2.45) is 0 Å². The molecule has 2 N–H and O–H groups in total. The number of hydrogen-bond donors (Lipinski definition) is 2. The molecule has 0 heterocycles. The first-order valence-corrected chi connectivity index (χ1v) is 7.71. The summed E-state index contributed by atoms with van der Waals surface area (Å²) in [6.45, 7) is 6.12. The maximum absolute atomic E-state index is 11.5. The molecular weight excluding hydrogens is 250 g/mol. The molecule has 1 rings (SSSR count). The van der Waals surface area contributed by atoms with Crippen molar-refractivity contribution in [3.63, 3.8) is 0 Å². The number of aryl methyl sites for hydroxylation is 1. The Balaban J connectivity index is 2.65. The Hall–Kier alpha value is -1.07. The van der Waals surface area contributed by atoms with Crippen LogP contribution in [0.4, 0.5) is 0 Å². The van der Waals surface area contributed by atoms with Gasteiger partial charge in [0.05, 0.1) is 4.75 Å². The van der Waals surface area contributed by atoms with E-state index >= 15 is 0 Å². The van der Waals surface area contributed by atoms with Gasteiger partial charge >= 0.3 is 0 Å². The van der Waals surface area contributed by atoms with Crippen LogP contribution in [-0.2, 0) is 16.4 Å². The van der Waals surface area contributed by atoms with Crippen molar-refractivity contribution in [3.05, 3.63) is 29.3 Å². The Morgan fingerprint density at radius 3 is 2.50 bits per heavy atom. The number of nitrogens with one attached hydrogen (secondary N) is 1. The van der Waals surface area contributed by atoms with Gasteiger partial charge < -0.3 is 10.4 Å². The molecule has 1 aromatic carbocycles. The van der Waals surface area contributed by atoms with Crippen LogP contribution in [-0.4, -0.2) is 31.1 Å². The van der Waals surface area contributed by atoms with Crippen LogP contribution in [0.25, 0.3) is 0 Å². The van der Waals surface area contributed by atoms with E-state index in [4.69, 9.17) is 0 Å². The maximum Gasteiger partial charge on any atom is 0.153 e. The Labute approximate surface area is 109 Å². The first kappa shape index (κ1) is 15.0. The molecule has 102 valence electrons. The summed E-state index contributed by atoms with van der Waals surface area (Å²) in [5.74, 6) is 0.227. The third-order valence-corrected chi connectivity index (χ3v) is 5.26. The summed E-state index contributed by atoms with van der Waals surface area (Å²) in [6, 6.07) is 5.36. The molecule has 0 saturated carbocycles. The second-order valence-electron chi connectivity index (χ2n) is 5.27. The van der Waals surface area contributed by atoms with Crippen LogP contribution in [0.15, 0.2) is 18.2 Å². The maximum atomic E-state index is 11.5. The van der Waals surface area contributed by atoms with Crippen molar-refractivity contribution in [1.82, 2.24) is 5.32 Å². The molecule has 0 amide bonds. The average Bonchev–Trinajstić information content (AvgIpc) is 2.21. The zero-order valence-electron chi connectivity index (χ0n) is 11.3. The van der Waals surface area contributed by atoms with E-state index in [1.165, 1.54) is 6.26 Å². The van der Waals surface area contributed by atoms with E-state index < -0.39 is 14.6 Å². The standard InChI is InChI=1S/C13H21NO3S/c1-10-5-6-12(15)11(7-10)8-14-9-13(2,3)18(4,16)17/h5-7,14-15H,8-9H2,1-4H3. The number of phenols is 1. The SMILES string of the molecule is Cc1ccc(O)c(CNCC(C)(C)S(C)(=O)=O)c1. The zero-order valence-corrected chi connectivity index (χ0v) is 12.1. The van der Waals surface area contributed by atoms with Gasteiger partial charge in [0.2, 0.25) is 0 Å². The van der Waals surface area contributed by atoms with Crippen LogP contribution in [0.1, 0.15) is 25.0 Å². The van der Waals surface area contributed by atoms with Gasteiger partial charge in [-0.2, -0.15) is 0 Å². The van der Waals surface area contributed by atoms with Gasteiger partial charge in [0.25, 0.3) is 0 Å². The third kappa shape index (κ3) is 3.71. The first-order chi connectivity index (χ1) is 8.13. The van der Waals surface area contributed by atoms with Gasteiger partial charge in [0, 0.05) is 24.9 Å². The van der Waals surface area contributed by atoms with E-state index in [0.29, 0.717) is 13.1 Å². The fraction of sp³-hybridized carbons (Fsp3) is 0.538. The molecule has 0 aliphatic carbocycles. The van der Waals surface area contributed by atoms with Crippen LogP contribution >= 0.6 is 0 Å². The topological polar surface area (TPSA) is 66.4 Å². The molecule has 0 aliphatic rings. The Kier molecular flexibility index (Phi) is 4.40. The van der Waals surface area contributed by atoms with Crippen molar-refractivity contribution in [1.29, 1.82) is 0 Å². The highest BCUT2D eigenvalue weighted by Gasteiger charge is 2.29. The van der Waals surface area contributed by atoms with E-state index in [9.17, 15) is 13.5 Å². The lowest BCUT2D eigenvalue weighted by Crippen LogP contribution is -2.41. The lowest BCUT2D eigenvalue weighted by molar-refractivity contribution is 0.461. The van der Waals surface area contributed by atoms with Crippen molar-refractivity contribution in [2.75, 3.05) is 12.8 Å². The predicted octanol–water partition coefficient (Wildman–Crippen LogP) is 1.61. The van der Waals surface area contributed by atoms with E-state index in [1.54, 1.807) is 19.9 Å². The van der Waals surface area contributed by atoms with Gasteiger partial charge in [-0.1, -0.05) is 17.7 Å². The molecule has 0 saturated heterocycles. The Bertz CT molecular complexity index is 521. The highest BCUT2D eigenvalue weighted by Crippen LogP contribution is 2.19. The molecular formula is C13H21NO3S. The molecule has 0 atom stereocenters. The summed E-state index contributed by atoms with van der Waals surface area (Å²) in [5, 5.41) is 12.7. The molecule has 18 heavy (non-hydrogen) atoms.